The van der Waals surface area contributed by atoms with E-state index in [-0.39, 0.29) is 5.56 Å². The van der Waals surface area contributed by atoms with Gasteiger partial charge in [-0.1, -0.05) is 41.7 Å². The first kappa shape index (κ1) is 23.9. The zero-order chi connectivity index (χ0) is 25.1. The fourth-order valence-electron chi connectivity index (χ4n) is 4.05. The van der Waals surface area contributed by atoms with E-state index in [0.29, 0.717) is 40.8 Å². The van der Waals surface area contributed by atoms with Crippen LogP contribution in [0.3, 0.4) is 0 Å². The molecule has 0 saturated heterocycles. The van der Waals surface area contributed by atoms with E-state index in [4.69, 9.17) is 14.2 Å². The number of rotatable bonds is 9. The van der Waals surface area contributed by atoms with Gasteiger partial charge in [0.05, 0.1) is 35.4 Å². The van der Waals surface area contributed by atoms with Crippen molar-refractivity contribution in [1.29, 1.82) is 0 Å². The molecule has 2 aromatic heterocycles. The Morgan fingerprint density at radius 3 is 2.56 bits per heavy atom. The van der Waals surface area contributed by atoms with Crippen molar-refractivity contribution in [3.8, 4) is 17.2 Å². The normalized spacial score (nSPS) is 11.9. The summed E-state index contributed by atoms with van der Waals surface area (Å²) >= 11 is 1.38. The molecule has 2 heterocycles. The van der Waals surface area contributed by atoms with Crippen LogP contribution in [0.5, 0.6) is 17.2 Å². The Morgan fingerprint density at radius 2 is 1.72 bits per heavy atom. The van der Waals surface area contributed by atoms with Crippen molar-refractivity contribution in [1.82, 2.24) is 9.38 Å². The molecular formula is C29H28N2O4S. The van der Waals surface area contributed by atoms with Crippen LogP contribution >= 0.6 is 11.3 Å². The van der Waals surface area contributed by atoms with Gasteiger partial charge in [-0.05, 0) is 73.9 Å². The largest absolute Gasteiger partial charge is 0.493 e. The van der Waals surface area contributed by atoms with E-state index in [1.807, 2.05) is 62.4 Å². The topological polar surface area (TPSA) is 62.1 Å². The van der Waals surface area contributed by atoms with Crippen LogP contribution in [0.1, 0.15) is 30.0 Å². The third kappa shape index (κ3) is 4.93. The van der Waals surface area contributed by atoms with Gasteiger partial charge in [0.15, 0.2) is 16.5 Å². The number of ether oxygens (including phenoxy) is 3. The minimum absolute atomic E-state index is 0.0640. The molecule has 184 valence electrons. The summed E-state index contributed by atoms with van der Waals surface area (Å²) in [5.41, 5.74) is 4.76. The molecule has 0 atom stereocenters. The Kier molecular flexibility index (Phi) is 6.91. The van der Waals surface area contributed by atoms with Crippen molar-refractivity contribution in [2.45, 2.75) is 27.2 Å². The fourth-order valence-corrected chi connectivity index (χ4v) is 5.04. The number of para-hydroxylation sites is 2. The monoisotopic (exact) mass is 500 g/mol. The molecule has 5 aromatic rings. The molecule has 36 heavy (non-hydrogen) atoms. The van der Waals surface area contributed by atoms with Crippen molar-refractivity contribution in [3.63, 3.8) is 0 Å². The first-order valence-electron chi connectivity index (χ1n) is 12.0. The number of fused-ring (bicyclic) bond motifs is 3. The summed E-state index contributed by atoms with van der Waals surface area (Å²) in [5, 5.41) is 0. The first-order valence-corrected chi connectivity index (χ1v) is 12.9. The van der Waals surface area contributed by atoms with Gasteiger partial charge in [0, 0.05) is 6.42 Å². The molecule has 0 spiro atoms. The van der Waals surface area contributed by atoms with Crippen LogP contribution in [-0.2, 0) is 0 Å². The van der Waals surface area contributed by atoms with E-state index >= 15 is 0 Å². The zero-order valence-electron chi connectivity index (χ0n) is 20.6. The second-order valence-electron chi connectivity index (χ2n) is 8.59. The lowest BCUT2D eigenvalue weighted by Gasteiger charge is -2.13. The second-order valence-corrected chi connectivity index (χ2v) is 9.60. The van der Waals surface area contributed by atoms with E-state index in [1.54, 1.807) is 4.40 Å². The maximum atomic E-state index is 13.1. The van der Waals surface area contributed by atoms with E-state index in [2.05, 4.69) is 30.1 Å². The van der Waals surface area contributed by atoms with Gasteiger partial charge in [-0.2, -0.15) is 0 Å². The van der Waals surface area contributed by atoms with Crippen molar-refractivity contribution in [3.05, 3.63) is 92.2 Å². The smallest absolute Gasteiger partial charge is 0.274 e. The second kappa shape index (κ2) is 10.4. The van der Waals surface area contributed by atoms with Gasteiger partial charge in [-0.3, -0.25) is 4.79 Å². The predicted molar refractivity (Wildman–Crippen MR) is 145 cm³/mol. The number of hydrogen-bond acceptors (Lipinski definition) is 6. The van der Waals surface area contributed by atoms with Crippen molar-refractivity contribution in [2.75, 3.05) is 19.8 Å². The van der Waals surface area contributed by atoms with E-state index < -0.39 is 0 Å². The summed E-state index contributed by atoms with van der Waals surface area (Å²) in [4.78, 5) is 18.3. The van der Waals surface area contributed by atoms with Crippen LogP contribution in [0.4, 0.5) is 0 Å². The van der Waals surface area contributed by atoms with E-state index in [1.165, 1.54) is 16.9 Å². The summed E-state index contributed by atoms with van der Waals surface area (Å²) in [6.07, 6.45) is 2.62. The molecule has 5 rings (SSSR count). The molecule has 3 aromatic carbocycles. The van der Waals surface area contributed by atoms with Crippen LogP contribution in [0, 0.1) is 13.8 Å². The number of thiazole rings is 1. The van der Waals surface area contributed by atoms with Crippen molar-refractivity contribution in [2.24, 2.45) is 0 Å². The van der Waals surface area contributed by atoms with Gasteiger partial charge in [-0.25, -0.2) is 9.38 Å². The molecule has 0 amide bonds. The average Bonchev–Trinajstić information content (AvgIpc) is 3.38. The van der Waals surface area contributed by atoms with Crippen LogP contribution < -0.4 is 24.3 Å². The number of imidazole rings is 1. The lowest BCUT2D eigenvalue weighted by Crippen LogP contribution is -2.22. The fraction of sp³-hybridized carbons (Fsp3) is 0.241. The number of aryl methyl sites for hydroxylation is 2. The molecular weight excluding hydrogens is 472 g/mol. The summed E-state index contributed by atoms with van der Waals surface area (Å²) in [6, 6.07) is 19.6. The SMILES string of the molecule is CCOc1cc(C=c2sc3nc4ccccc4n3c2=O)ccc1OCCCOc1cc(C)ccc1C. The Labute approximate surface area is 213 Å². The highest BCUT2D eigenvalue weighted by Gasteiger charge is 2.11. The molecule has 0 unspecified atom stereocenters. The van der Waals surface area contributed by atoms with E-state index in [9.17, 15) is 4.79 Å². The number of nitrogens with zero attached hydrogens (tertiary/aromatic N) is 2. The number of hydrogen-bond donors (Lipinski definition) is 0. The van der Waals surface area contributed by atoms with Gasteiger partial charge < -0.3 is 14.2 Å². The predicted octanol–water partition coefficient (Wildman–Crippen LogP) is 5.32. The maximum absolute atomic E-state index is 13.1. The van der Waals surface area contributed by atoms with Crippen LogP contribution in [-0.4, -0.2) is 29.2 Å². The molecule has 6 nitrogen and oxygen atoms in total. The third-order valence-corrected chi connectivity index (χ3v) is 6.83. The third-order valence-electron chi connectivity index (χ3n) is 5.86. The Balaban J connectivity index is 1.30. The molecule has 0 fully saturated rings. The highest BCUT2D eigenvalue weighted by Crippen LogP contribution is 2.29. The lowest BCUT2D eigenvalue weighted by molar-refractivity contribution is 0.235. The van der Waals surface area contributed by atoms with Gasteiger partial charge in [-0.15, -0.1) is 0 Å². The Morgan fingerprint density at radius 1 is 0.917 bits per heavy atom. The van der Waals surface area contributed by atoms with Gasteiger partial charge in [0.25, 0.3) is 5.56 Å². The minimum atomic E-state index is -0.0640. The maximum Gasteiger partial charge on any atom is 0.274 e. The van der Waals surface area contributed by atoms with E-state index in [0.717, 1.165) is 34.3 Å². The minimum Gasteiger partial charge on any atom is -0.493 e. The summed E-state index contributed by atoms with van der Waals surface area (Å²) in [6.45, 7) is 7.63. The first-order chi connectivity index (χ1) is 17.5. The summed E-state index contributed by atoms with van der Waals surface area (Å²) < 4.78 is 20.1. The van der Waals surface area contributed by atoms with Gasteiger partial charge in [0.2, 0.25) is 0 Å². The molecule has 0 N–H and O–H groups in total. The number of benzene rings is 3. The molecule has 0 aliphatic heterocycles. The summed E-state index contributed by atoms with van der Waals surface area (Å²) in [7, 11) is 0. The highest BCUT2D eigenvalue weighted by atomic mass is 32.1. The van der Waals surface area contributed by atoms with Crippen molar-refractivity contribution < 1.29 is 14.2 Å². The average molecular weight is 501 g/mol. The van der Waals surface area contributed by atoms with Crippen LogP contribution in [0.15, 0.2) is 65.5 Å². The molecule has 0 aliphatic carbocycles. The lowest BCUT2D eigenvalue weighted by atomic mass is 10.1. The Hall–Kier alpha value is -3.84. The molecule has 0 radical (unpaired) electrons. The molecule has 7 heteroatoms. The molecule has 0 saturated carbocycles. The van der Waals surface area contributed by atoms with Crippen LogP contribution in [0.25, 0.3) is 22.1 Å². The highest BCUT2D eigenvalue weighted by molar-refractivity contribution is 7.15. The molecule has 0 bridgehead atoms. The zero-order valence-corrected chi connectivity index (χ0v) is 21.4. The van der Waals surface area contributed by atoms with Crippen molar-refractivity contribution >= 4 is 33.4 Å². The van der Waals surface area contributed by atoms with Crippen LogP contribution in [0.2, 0.25) is 0 Å². The number of aromatic nitrogens is 2. The summed E-state index contributed by atoms with van der Waals surface area (Å²) in [5.74, 6) is 2.24. The van der Waals surface area contributed by atoms with Gasteiger partial charge >= 0.3 is 0 Å². The quantitative estimate of drug-likeness (QED) is 0.256. The Bertz CT molecular complexity index is 1640. The standard InChI is InChI=1S/C29H28N2O4S/c1-4-33-26-17-21(18-27-28(32)31-23-9-6-5-8-22(23)30-29(31)36-27)12-13-24(26)34-14-7-15-35-25-16-19(2)10-11-20(25)3/h5-6,8-13,16-18H,4,7,14-15H2,1-3H3. The molecule has 0 aliphatic rings. The van der Waals surface area contributed by atoms with Gasteiger partial charge in [0.1, 0.15) is 5.75 Å².